The average Bonchev–Trinajstić information content (AvgIpc) is 2.72. The molecule has 0 aliphatic heterocycles. The van der Waals surface area contributed by atoms with Crippen molar-refractivity contribution in [3.63, 3.8) is 0 Å². The van der Waals surface area contributed by atoms with Crippen molar-refractivity contribution in [2.45, 2.75) is 20.4 Å². The highest BCUT2D eigenvalue weighted by atomic mass is 16.2. The summed E-state index contributed by atoms with van der Waals surface area (Å²) < 4.78 is 0. The molecule has 0 aliphatic carbocycles. The molecule has 0 fully saturated rings. The summed E-state index contributed by atoms with van der Waals surface area (Å²) in [6.45, 7) is 4.62. The van der Waals surface area contributed by atoms with Gasteiger partial charge in [0.15, 0.2) is 0 Å². The number of anilines is 1. The third-order valence-corrected chi connectivity index (χ3v) is 4.28. The number of hydrazone groups is 1. The molecule has 2 N–H and O–H groups in total. The molecular formula is C23H23N3O. The zero-order chi connectivity index (χ0) is 19.1. The molecule has 0 bridgehead atoms. The van der Waals surface area contributed by atoms with E-state index in [1.165, 1.54) is 5.56 Å². The predicted molar refractivity (Wildman–Crippen MR) is 111 cm³/mol. The fourth-order valence-electron chi connectivity index (χ4n) is 2.59. The summed E-state index contributed by atoms with van der Waals surface area (Å²) in [7, 11) is 0. The lowest BCUT2D eigenvalue weighted by molar-refractivity contribution is 0.0955. The summed E-state index contributed by atoms with van der Waals surface area (Å²) >= 11 is 0. The van der Waals surface area contributed by atoms with Gasteiger partial charge in [0.2, 0.25) is 0 Å². The first-order valence-corrected chi connectivity index (χ1v) is 8.91. The minimum atomic E-state index is -0.218. The summed E-state index contributed by atoms with van der Waals surface area (Å²) in [5.74, 6) is -0.218. The van der Waals surface area contributed by atoms with Gasteiger partial charge in [-0.15, -0.1) is 0 Å². The molecule has 27 heavy (non-hydrogen) atoms. The largest absolute Gasteiger partial charge is 0.381 e. The number of hydrogen-bond acceptors (Lipinski definition) is 3. The molecule has 3 aromatic carbocycles. The number of carbonyl (C=O) groups is 1. The van der Waals surface area contributed by atoms with E-state index in [1.54, 1.807) is 0 Å². The molecule has 0 heterocycles. The highest BCUT2D eigenvalue weighted by Gasteiger charge is 2.05. The van der Waals surface area contributed by atoms with Gasteiger partial charge in [-0.05, 0) is 49.2 Å². The second kappa shape index (κ2) is 8.81. The molecular weight excluding hydrogens is 334 g/mol. The smallest absolute Gasteiger partial charge is 0.271 e. The number of carbonyl (C=O) groups excluding carboxylic acids is 1. The van der Waals surface area contributed by atoms with Crippen LogP contribution in [-0.2, 0) is 6.54 Å². The van der Waals surface area contributed by atoms with Gasteiger partial charge in [-0.2, -0.15) is 5.10 Å². The van der Waals surface area contributed by atoms with Gasteiger partial charge in [0.1, 0.15) is 0 Å². The fourth-order valence-corrected chi connectivity index (χ4v) is 2.59. The van der Waals surface area contributed by atoms with Crippen LogP contribution in [0.25, 0.3) is 0 Å². The zero-order valence-electron chi connectivity index (χ0n) is 15.6. The lowest BCUT2D eigenvalue weighted by Crippen LogP contribution is -2.19. The van der Waals surface area contributed by atoms with E-state index in [0.717, 1.165) is 22.5 Å². The van der Waals surface area contributed by atoms with Crippen LogP contribution in [0.3, 0.4) is 0 Å². The molecule has 0 radical (unpaired) electrons. The van der Waals surface area contributed by atoms with Crippen LogP contribution < -0.4 is 10.7 Å². The van der Waals surface area contributed by atoms with Crippen molar-refractivity contribution in [1.29, 1.82) is 0 Å². The monoisotopic (exact) mass is 357 g/mol. The van der Waals surface area contributed by atoms with Crippen molar-refractivity contribution < 1.29 is 4.79 Å². The average molecular weight is 357 g/mol. The molecule has 0 saturated heterocycles. The highest BCUT2D eigenvalue weighted by molar-refractivity contribution is 6.00. The van der Waals surface area contributed by atoms with Crippen molar-refractivity contribution in [1.82, 2.24) is 5.43 Å². The van der Waals surface area contributed by atoms with Crippen molar-refractivity contribution in [2.75, 3.05) is 5.32 Å². The van der Waals surface area contributed by atoms with Gasteiger partial charge in [-0.3, -0.25) is 4.79 Å². The van der Waals surface area contributed by atoms with Crippen molar-refractivity contribution >= 4 is 17.3 Å². The van der Waals surface area contributed by atoms with Crippen LogP contribution in [0.5, 0.6) is 0 Å². The van der Waals surface area contributed by atoms with E-state index in [9.17, 15) is 4.79 Å². The second-order valence-electron chi connectivity index (χ2n) is 6.42. The molecule has 0 atom stereocenters. The third kappa shape index (κ3) is 5.28. The fraction of sp³-hybridized carbons (Fsp3) is 0.130. The van der Waals surface area contributed by atoms with E-state index in [4.69, 9.17) is 0 Å². The maximum absolute atomic E-state index is 12.3. The Morgan fingerprint density at radius 1 is 0.852 bits per heavy atom. The molecule has 3 aromatic rings. The summed E-state index contributed by atoms with van der Waals surface area (Å²) in [6, 6.07) is 25.6. The quantitative estimate of drug-likeness (QED) is 0.493. The van der Waals surface area contributed by atoms with Crippen LogP contribution in [0.15, 0.2) is 84.0 Å². The first kappa shape index (κ1) is 18.4. The van der Waals surface area contributed by atoms with Gasteiger partial charge in [-0.25, -0.2) is 5.43 Å². The number of nitrogens with one attached hydrogen (secondary N) is 2. The van der Waals surface area contributed by atoms with Gasteiger partial charge in [0.05, 0.1) is 5.71 Å². The Bertz CT molecular complexity index is 914. The lowest BCUT2D eigenvalue weighted by atomic mass is 10.1. The van der Waals surface area contributed by atoms with Crippen LogP contribution >= 0.6 is 0 Å². The van der Waals surface area contributed by atoms with Gasteiger partial charge in [0.25, 0.3) is 5.91 Å². The van der Waals surface area contributed by atoms with Crippen LogP contribution in [0.1, 0.15) is 34.0 Å². The Balaban J connectivity index is 1.57. The number of amides is 1. The van der Waals surface area contributed by atoms with Crippen molar-refractivity contribution in [3.8, 4) is 0 Å². The molecule has 4 heteroatoms. The minimum absolute atomic E-state index is 0.218. The maximum atomic E-state index is 12.3. The van der Waals surface area contributed by atoms with E-state index in [1.807, 2.05) is 92.7 Å². The molecule has 1 amide bonds. The van der Waals surface area contributed by atoms with Crippen LogP contribution in [0.2, 0.25) is 0 Å². The Morgan fingerprint density at radius 2 is 1.48 bits per heavy atom. The van der Waals surface area contributed by atoms with Gasteiger partial charge in [-0.1, -0.05) is 60.2 Å². The molecule has 3 rings (SSSR count). The number of hydrogen-bond donors (Lipinski definition) is 2. The highest BCUT2D eigenvalue weighted by Crippen LogP contribution is 2.10. The number of rotatable bonds is 6. The summed E-state index contributed by atoms with van der Waals surface area (Å²) in [6.07, 6.45) is 0. The third-order valence-electron chi connectivity index (χ3n) is 4.28. The van der Waals surface area contributed by atoms with Crippen LogP contribution in [0.4, 0.5) is 5.69 Å². The summed E-state index contributed by atoms with van der Waals surface area (Å²) in [4.78, 5) is 12.3. The van der Waals surface area contributed by atoms with Crippen molar-refractivity contribution in [3.05, 3.63) is 101 Å². The Morgan fingerprint density at radius 3 is 2.15 bits per heavy atom. The molecule has 4 nitrogen and oxygen atoms in total. The molecule has 0 aliphatic rings. The normalized spacial score (nSPS) is 11.1. The number of benzene rings is 3. The van der Waals surface area contributed by atoms with E-state index >= 15 is 0 Å². The number of aryl methyl sites for hydroxylation is 1. The molecule has 0 aromatic heterocycles. The van der Waals surface area contributed by atoms with Crippen LogP contribution in [-0.4, -0.2) is 11.6 Å². The summed E-state index contributed by atoms with van der Waals surface area (Å²) in [5, 5.41) is 7.55. The Kier molecular flexibility index (Phi) is 6.00. The SMILES string of the molecule is C/C(=N\NC(=O)c1ccc(CNc2ccccc2)cc1)c1ccc(C)cc1. The molecule has 0 spiro atoms. The molecule has 0 saturated carbocycles. The van der Waals surface area contributed by atoms with Crippen molar-refractivity contribution in [2.24, 2.45) is 5.10 Å². The van der Waals surface area contributed by atoms with Gasteiger partial charge in [0, 0.05) is 17.8 Å². The minimum Gasteiger partial charge on any atom is -0.381 e. The Hall–Kier alpha value is -3.40. The van der Waals surface area contributed by atoms with E-state index in [0.29, 0.717) is 12.1 Å². The van der Waals surface area contributed by atoms with Gasteiger partial charge >= 0.3 is 0 Å². The second-order valence-corrected chi connectivity index (χ2v) is 6.42. The first-order valence-electron chi connectivity index (χ1n) is 8.91. The first-order chi connectivity index (χ1) is 13.1. The number of nitrogens with zero attached hydrogens (tertiary/aromatic N) is 1. The standard InChI is InChI=1S/C23H23N3O/c1-17-8-12-20(13-9-17)18(2)25-26-23(27)21-14-10-19(11-15-21)16-24-22-6-4-3-5-7-22/h3-15,24H,16H2,1-2H3,(H,26,27)/b25-18+. The lowest BCUT2D eigenvalue weighted by Gasteiger charge is -2.07. The predicted octanol–water partition coefficient (Wildman–Crippen LogP) is 4.76. The summed E-state index contributed by atoms with van der Waals surface area (Å²) in [5.41, 5.74) is 8.33. The van der Waals surface area contributed by atoms with E-state index in [2.05, 4.69) is 15.8 Å². The van der Waals surface area contributed by atoms with E-state index < -0.39 is 0 Å². The Labute approximate surface area is 159 Å². The topological polar surface area (TPSA) is 53.5 Å². The van der Waals surface area contributed by atoms with Crippen LogP contribution in [0, 0.1) is 6.92 Å². The molecule has 136 valence electrons. The van der Waals surface area contributed by atoms with E-state index in [-0.39, 0.29) is 5.91 Å². The zero-order valence-corrected chi connectivity index (χ0v) is 15.6. The number of para-hydroxylation sites is 1. The maximum Gasteiger partial charge on any atom is 0.271 e. The van der Waals surface area contributed by atoms with Gasteiger partial charge < -0.3 is 5.32 Å². The molecule has 0 unspecified atom stereocenters.